The van der Waals surface area contributed by atoms with E-state index >= 15 is 0 Å². The summed E-state index contributed by atoms with van der Waals surface area (Å²) in [6.07, 6.45) is 2.98. The van der Waals surface area contributed by atoms with Crippen molar-refractivity contribution in [2.75, 3.05) is 12.3 Å². The molecular weight excluding hydrogens is 220 g/mol. The van der Waals surface area contributed by atoms with Crippen LogP contribution >= 0.6 is 0 Å². The summed E-state index contributed by atoms with van der Waals surface area (Å²) < 4.78 is 10.5. The first-order valence-corrected chi connectivity index (χ1v) is 5.37. The molecule has 0 aliphatic carbocycles. The molecule has 0 bridgehead atoms. The Balaban J connectivity index is 2.27. The molecule has 0 radical (unpaired) electrons. The Kier molecular flexibility index (Phi) is 3.34. The molecule has 2 aromatic heterocycles. The standard InChI is InChI=1S/C11H14N4O2/c1-3-16-7(2)10-14-11(17-15-10)8-4-5-13-6-9(8)12/h4-7H,3,12H2,1-2H3. The van der Waals surface area contributed by atoms with Crippen LogP contribution < -0.4 is 5.73 Å². The van der Waals surface area contributed by atoms with Gasteiger partial charge in [0.1, 0.15) is 6.10 Å². The van der Waals surface area contributed by atoms with Crippen molar-refractivity contribution >= 4 is 5.69 Å². The third kappa shape index (κ3) is 2.42. The zero-order valence-electron chi connectivity index (χ0n) is 9.75. The predicted molar refractivity (Wildman–Crippen MR) is 62.0 cm³/mol. The van der Waals surface area contributed by atoms with Gasteiger partial charge in [-0.15, -0.1) is 0 Å². The van der Waals surface area contributed by atoms with Crippen LogP contribution in [-0.2, 0) is 4.74 Å². The highest BCUT2D eigenvalue weighted by Crippen LogP contribution is 2.24. The minimum absolute atomic E-state index is 0.194. The SMILES string of the molecule is CCOC(C)c1noc(-c2ccncc2N)n1. The van der Waals surface area contributed by atoms with Crippen molar-refractivity contribution in [1.29, 1.82) is 0 Å². The quantitative estimate of drug-likeness (QED) is 0.868. The van der Waals surface area contributed by atoms with Gasteiger partial charge in [0.2, 0.25) is 5.82 Å². The Morgan fingerprint density at radius 3 is 3.06 bits per heavy atom. The Hall–Kier alpha value is -1.95. The van der Waals surface area contributed by atoms with E-state index in [9.17, 15) is 0 Å². The summed E-state index contributed by atoms with van der Waals surface area (Å²) in [6, 6.07) is 1.73. The molecule has 90 valence electrons. The molecule has 0 saturated carbocycles. The molecule has 2 rings (SSSR count). The lowest BCUT2D eigenvalue weighted by Crippen LogP contribution is -2.01. The van der Waals surface area contributed by atoms with Crippen LogP contribution in [0.1, 0.15) is 25.8 Å². The number of aromatic nitrogens is 3. The van der Waals surface area contributed by atoms with Crippen molar-refractivity contribution in [1.82, 2.24) is 15.1 Å². The fourth-order valence-corrected chi connectivity index (χ4v) is 1.44. The van der Waals surface area contributed by atoms with Crippen LogP contribution in [0.2, 0.25) is 0 Å². The summed E-state index contributed by atoms with van der Waals surface area (Å²) in [5, 5.41) is 3.87. The van der Waals surface area contributed by atoms with Gasteiger partial charge < -0.3 is 15.0 Å². The first-order valence-electron chi connectivity index (χ1n) is 5.37. The number of nitrogen functional groups attached to an aromatic ring is 1. The topological polar surface area (TPSA) is 87.1 Å². The second kappa shape index (κ2) is 4.92. The van der Waals surface area contributed by atoms with E-state index in [1.807, 2.05) is 13.8 Å². The van der Waals surface area contributed by atoms with Crippen molar-refractivity contribution in [2.24, 2.45) is 0 Å². The minimum atomic E-state index is -0.194. The molecule has 0 aromatic carbocycles. The number of hydrogen-bond acceptors (Lipinski definition) is 6. The lowest BCUT2D eigenvalue weighted by molar-refractivity contribution is 0.0683. The maximum Gasteiger partial charge on any atom is 0.260 e. The van der Waals surface area contributed by atoms with Crippen LogP contribution in [0.15, 0.2) is 23.0 Å². The number of ether oxygens (including phenoxy) is 1. The largest absolute Gasteiger partial charge is 0.397 e. The van der Waals surface area contributed by atoms with Gasteiger partial charge in [-0.05, 0) is 19.9 Å². The highest BCUT2D eigenvalue weighted by Gasteiger charge is 2.16. The molecule has 6 heteroatoms. The molecule has 0 fully saturated rings. The first kappa shape index (κ1) is 11.5. The maximum atomic E-state index is 5.78. The second-order valence-electron chi connectivity index (χ2n) is 3.52. The van der Waals surface area contributed by atoms with Gasteiger partial charge in [0.25, 0.3) is 5.89 Å². The normalized spacial score (nSPS) is 12.6. The summed E-state index contributed by atoms with van der Waals surface area (Å²) in [4.78, 5) is 8.15. The van der Waals surface area contributed by atoms with Crippen molar-refractivity contribution in [3.05, 3.63) is 24.3 Å². The zero-order valence-corrected chi connectivity index (χ0v) is 9.75. The number of pyridine rings is 1. The maximum absolute atomic E-state index is 5.78. The average Bonchev–Trinajstić information content (AvgIpc) is 2.79. The van der Waals surface area contributed by atoms with Crippen LogP contribution in [0, 0.1) is 0 Å². The van der Waals surface area contributed by atoms with Gasteiger partial charge in [-0.25, -0.2) is 0 Å². The Bertz CT molecular complexity index is 498. The summed E-state index contributed by atoms with van der Waals surface area (Å²) in [6.45, 7) is 4.38. The van der Waals surface area contributed by atoms with E-state index in [4.69, 9.17) is 15.0 Å². The van der Waals surface area contributed by atoms with E-state index in [2.05, 4.69) is 15.1 Å². The number of rotatable bonds is 4. The smallest absolute Gasteiger partial charge is 0.260 e. The minimum Gasteiger partial charge on any atom is -0.397 e. The molecule has 1 atom stereocenters. The predicted octanol–water partition coefficient (Wildman–Crippen LogP) is 1.81. The summed E-state index contributed by atoms with van der Waals surface area (Å²) in [5.74, 6) is 0.893. The lowest BCUT2D eigenvalue weighted by Gasteiger charge is -2.04. The summed E-state index contributed by atoms with van der Waals surface area (Å²) in [5.41, 5.74) is 6.96. The summed E-state index contributed by atoms with van der Waals surface area (Å²) >= 11 is 0. The van der Waals surface area contributed by atoms with Crippen molar-refractivity contribution in [2.45, 2.75) is 20.0 Å². The third-order valence-electron chi connectivity index (χ3n) is 2.30. The molecule has 0 aliphatic rings. The van der Waals surface area contributed by atoms with Gasteiger partial charge in [0, 0.05) is 12.8 Å². The first-order chi connectivity index (χ1) is 8.22. The molecule has 6 nitrogen and oxygen atoms in total. The van der Waals surface area contributed by atoms with E-state index in [0.717, 1.165) is 0 Å². The van der Waals surface area contributed by atoms with Crippen LogP contribution in [-0.4, -0.2) is 21.7 Å². The fourth-order valence-electron chi connectivity index (χ4n) is 1.44. The molecular formula is C11H14N4O2. The molecule has 0 amide bonds. The molecule has 0 spiro atoms. The van der Waals surface area contributed by atoms with Crippen LogP contribution in [0.25, 0.3) is 11.5 Å². The Morgan fingerprint density at radius 2 is 2.35 bits per heavy atom. The van der Waals surface area contributed by atoms with Crippen molar-refractivity contribution < 1.29 is 9.26 Å². The molecule has 2 heterocycles. The van der Waals surface area contributed by atoms with E-state index in [-0.39, 0.29) is 6.10 Å². The van der Waals surface area contributed by atoms with E-state index in [0.29, 0.717) is 29.6 Å². The Labute approximate surface area is 98.8 Å². The molecule has 1 unspecified atom stereocenters. The third-order valence-corrected chi connectivity index (χ3v) is 2.30. The van der Waals surface area contributed by atoms with Gasteiger partial charge in [0.05, 0.1) is 17.4 Å². The lowest BCUT2D eigenvalue weighted by atomic mass is 10.2. The zero-order chi connectivity index (χ0) is 12.3. The highest BCUT2D eigenvalue weighted by molar-refractivity contribution is 5.68. The second-order valence-corrected chi connectivity index (χ2v) is 3.52. The monoisotopic (exact) mass is 234 g/mol. The van der Waals surface area contributed by atoms with Crippen LogP contribution in [0.4, 0.5) is 5.69 Å². The number of nitrogens with two attached hydrogens (primary N) is 1. The van der Waals surface area contributed by atoms with Gasteiger partial charge in [-0.3, -0.25) is 4.98 Å². The van der Waals surface area contributed by atoms with Gasteiger partial charge >= 0.3 is 0 Å². The van der Waals surface area contributed by atoms with Gasteiger partial charge in [-0.2, -0.15) is 4.98 Å². The molecule has 2 aromatic rings. The number of anilines is 1. The molecule has 0 saturated heterocycles. The molecule has 0 aliphatic heterocycles. The molecule has 2 N–H and O–H groups in total. The van der Waals surface area contributed by atoms with Crippen LogP contribution in [0.5, 0.6) is 0 Å². The van der Waals surface area contributed by atoms with Crippen LogP contribution in [0.3, 0.4) is 0 Å². The van der Waals surface area contributed by atoms with E-state index < -0.39 is 0 Å². The van der Waals surface area contributed by atoms with Gasteiger partial charge in [-0.1, -0.05) is 5.16 Å². The fraction of sp³-hybridized carbons (Fsp3) is 0.364. The number of hydrogen-bond donors (Lipinski definition) is 1. The Morgan fingerprint density at radius 1 is 1.53 bits per heavy atom. The average molecular weight is 234 g/mol. The highest BCUT2D eigenvalue weighted by atomic mass is 16.5. The van der Waals surface area contributed by atoms with Crippen molar-refractivity contribution in [3.63, 3.8) is 0 Å². The summed E-state index contributed by atoms with van der Waals surface area (Å²) in [7, 11) is 0. The molecule has 17 heavy (non-hydrogen) atoms. The van der Waals surface area contributed by atoms with E-state index in [1.54, 1.807) is 18.5 Å². The number of nitrogens with zero attached hydrogens (tertiary/aromatic N) is 3. The van der Waals surface area contributed by atoms with Crippen molar-refractivity contribution in [3.8, 4) is 11.5 Å². The van der Waals surface area contributed by atoms with Gasteiger partial charge in [0.15, 0.2) is 0 Å². The van der Waals surface area contributed by atoms with E-state index in [1.165, 1.54) is 0 Å².